The van der Waals surface area contributed by atoms with Crippen molar-refractivity contribution in [2.45, 2.75) is 37.1 Å². The zero-order valence-electron chi connectivity index (χ0n) is 5.77. The highest BCUT2D eigenvalue weighted by Gasteiger charge is 2.30. The van der Waals surface area contributed by atoms with Gasteiger partial charge in [0, 0.05) is 18.5 Å². The second-order valence-corrected chi connectivity index (χ2v) is 2.93. The molecular formula is C6H14N2O2. The van der Waals surface area contributed by atoms with Crippen molar-refractivity contribution in [1.82, 2.24) is 0 Å². The van der Waals surface area contributed by atoms with Crippen LogP contribution in [-0.2, 0) is 0 Å². The van der Waals surface area contributed by atoms with Crippen molar-refractivity contribution < 1.29 is 10.2 Å². The molecule has 1 rings (SSSR count). The molecule has 0 bridgehead atoms. The Morgan fingerprint density at radius 2 is 1.30 bits per heavy atom. The normalized spacial score (nSPS) is 49.2. The summed E-state index contributed by atoms with van der Waals surface area (Å²) in [4.78, 5) is 0. The molecule has 0 aromatic carbocycles. The molecule has 0 unspecified atom stereocenters. The van der Waals surface area contributed by atoms with Crippen LogP contribution in [-0.4, -0.2) is 34.5 Å². The summed E-state index contributed by atoms with van der Waals surface area (Å²) in [7, 11) is 0. The van der Waals surface area contributed by atoms with E-state index in [1.54, 1.807) is 0 Å². The third-order valence-corrected chi connectivity index (χ3v) is 2.02. The molecule has 0 spiro atoms. The third kappa shape index (κ3) is 1.46. The van der Waals surface area contributed by atoms with Crippen LogP contribution in [0.5, 0.6) is 0 Å². The van der Waals surface area contributed by atoms with Gasteiger partial charge in [0.2, 0.25) is 0 Å². The van der Waals surface area contributed by atoms with Crippen LogP contribution in [0.1, 0.15) is 12.8 Å². The molecule has 10 heavy (non-hydrogen) atoms. The van der Waals surface area contributed by atoms with E-state index in [-0.39, 0.29) is 12.1 Å². The smallest absolute Gasteiger partial charge is 0.0716 e. The van der Waals surface area contributed by atoms with Crippen molar-refractivity contribution in [2.75, 3.05) is 0 Å². The summed E-state index contributed by atoms with van der Waals surface area (Å²) in [5.41, 5.74) is 11.0. The van der Waals surface area contributed by atoms with Crippen molar-refractivity contribution in [1.29, 1.82) is 0 Å². The molecule has 6 N–H and O–H groups in total. The van der Waals surface area contributed by atoms with Gasteiger partial charge in [-0.05, 0) is 6.42 Å². The Balaban J connectivity index is 2.46. The molecular weight excluding hydrogens is 132 g/mol. The van der Waals surface area contributed by atoms with Gasteiger partial charge in [-0.1, -0.05) is 0 Å². The average Bonchev–Trinajstić information content (AvgIpc) is 1.84. The van der Waals surface area contributed by atoms with E-state index >= 15 is 0 Å². The Labute approximate surface area is 59.8 Å². The fourth-order valence-electron chi connectivity index (χ4n) is 1.23. The summed E-state index contributed by atoms with van der Waals surface area (Å²) in [6, 6.07) is -0.531. The molecule has 1 saturated carbocycles. The number of nitrogens with two attached hydrogens (primary N) is 2. The molecule has 4 heteroatoms. The molecule has 0 aromatic heterocycles. The van der Waals surface area contributed by atoms with Crippen LogP contribution in [0, 0.1) is 0 Å². The maximum Gasteiger partial charge on any atom is 0.0716 e. The van der Waals surface area contributed by atoms with E-state index in [1.165, 1.54) is 0 Å². The molecule has 0 radical (unpaired) electrons. The van der Waals surface area contributed by atoms with Crippen molar-refractivity contribution >= 4 is 0 Å². The third-order valence-electron chi connectivity index (χ3n) is 2.02. The standard InChI is InChI=1S/C6H14N2O2/c7-3-1-4(8)6(10)2-5(3)9/h3-6,9-10H,1-2,7-8H2/t3-,4+,5-,6+. The van der Waals surface area contributed by atoms with Crippen molar-refractivity contribution in [3.05, 3.63) is 0 Å². The van der Waals surface area contributed by atoms with Gasteiger partial charge in [0.15, 0.2) is 0 Å². The number of hydrogen-bond donors (Lipinski definition) is 4. The van der Waals surface area contributed by atoms with Crippen LogP contribution in [0.4, 0.5) is 0 Å². The van der Waals surface area contributed by atoms with Crippen LogP contribution >= 0.6 is 0 Å². The highest BCUT2D eigenvalue weighted by Crippen LogP contribution is 2.16. The molecule has 0 aliphatic heterocycles. The fraction of sp³-hybridized carbons (Fsp3) is 1.00. The van der Waals surface area contributed by atoms with Gasteiger partial charge in [-0.15, -0.1) is 0 Å². The van der Waals surface area contributed by atoms with E-state index < -0.39 is 12.2 Å². The predicted octanol–water partition coefficient (Wildman–Crippen LogP) is -1.84. The molecule has 1 fully saturated rings. The Morgan fingerprint density at radius 1 is 0.900 bits per heavy atom. The SMILES string of the molecule is N[C@@H]1C[C@H](N)[C@@H](O)C[C@H]1O. The fourth-order valence-corrected chi connectivity index (χ4v) is 1.23. The molecule has 1 aliphatic rings. The van der Waals surface area contributed by atoms with Crippen LogP contribution in [0.2, 0.25) is 0 Å². The van der Waals surface area contributed by atoms with E-state index in [0.717, 1.165) is 0 Å². The Kier molecular flexibility index (Phi) is 2.25. The van der Waals surface area contributed by atoms with Crippen LogP contribution in [0.3, 0.4) is 0 Å². The summed E-state index contributed by atoms with van der Waals surface area (Å²) in [5, 5.41) is 18.3. The summed E-state index contributed by atoms with van der Waals surface area (Å²) >= 11 is 0. The maximum absolute atomic E-state index is 9.13. The van der Waals surface area contributed by atoms with E-state index in [0.29, 0.717) is 12.8 Å². The molecule has 1 aliphatic carbocycles. The van der Waals surface area contributed by atoms with Crippen molar-refractivity contribution in [3.63, 3.8) is 0 Å². The number of aliphatic hydroxyl groups is 2. The van der Waals surface area contributed by atoms with Gasteiger partial charge in [0.05, 0.1) is 12.2 Å². The maximum atomic E-state index is 9.13. The van der Waals surface area contributed by atoms with Gasteiger partial charge in [-0.2, -0.15) is 0 Å². The van der Waals surface area contributed by atoms with E-state index in [2.05, 4.69) is 0 Å². The van der Waals surface area contributed by atoms with Crippen molar-refractivity contribution in [2.24, 2.45) is 11.5 Å². The summed E-state index contributed by atoms with van der Waals surface area (Å²) < 4.78 is 0. The van der Waals surface area contributed by atoms with Gasteiger partial charge < -0.3 is 21.7 Å². The lowest BCUT2D eigenvalue weighted by Crippen LogP contribution is -2.52. The van der Waals surface area contributed by atoms with Crippen LogP contribution in [0.15, 0.2) is 0 Å². The van der Waals surface area contributed by atoms with E-state index in [1.807, 2.05) is 0 Å². The molecule has 4 atom stereocenters. The first-order valence-corrected chi connectivity index (χ1v) is 3.48. The minimum absolute atomic E-state index is 0.265. The summed E-state index contributed by atoms with van der Waals surface area (Å²) in [5.74, 6) is 0. The summed E-state index contributed by atoms with van der Waals surface area (Å²) in [6.45, 7) is 0. The first-order chi connectivity index (χ1) is 4.61. The lowest BCUT2D eigenvalue weighted by molar-refractivity contribution is 0.0145. The quantitative estimate of drug-likeness (QED) is 0.323. The lowest BCUT2D eigenvalue weighted by atomic mass is 9.87. The summed E-state index contributed by atoms with van der Waals surface area (Å²) in [6.07, 6.45) is -0.366. The zero-order chi connectivity index (χ0) is 7.72. The monoisotopic (exact) mass is 146 g/mol. The minimum atomic E-state index is -0.588. The molecule has 0 saturated heterocycles. The Bertz CT molecular complexity index is 94.3. The Hall–Kier alpha value is -0.160. The van der Waals surface area contributed by atoms with Gasteiger partial charge in [0.1, 0.15) is 0 Å². The number of hydrogen-bond acceptors (Lipinski definition) is 4. The van der Waals surface area contributed by atoms with E-state index in [4.69, 9.17) is 21.7 Å². The van der Waals surface area contributed by atoms with Crippen LogP contribution in [0.25, 0.3) is 0 Å². The zero-order valence-corrected chi connectivity index (χ0v) is 5.77. The minimum Gasteiger partial charge on any atom is -0.391 e. The molecule has 0 amide bonds. The number of aliphatic hydroxyl groups excluding tert-OH is 2. The molecule has 0 heterocycles. The molecule has 4 nitrogen and oxygen atoms in total. The molecule has 0 aromatic rings. The second kappa shape index (κ2) is 2.84. The first kappa shape index (κ1) is 7.94. The van der Waals surface area contributed by atoms with Crippen molar-refractivity contribution in [3.8, 4) is 0 Å². The highest BCUT2D eigenvalue weighted by atomic mass is 16.3. The van der Waals surface area contributed by atoms with Gasteiger partial charge in [-0.25, -0.2) is 0 Å². The Morgan fingerprint density at radius 3 is 1.60 bits per heavy atom. The first-order valence-electron chi connectivity index (χ1n) is 3.48. The number of rotatable bonds is 0. The topological polar surface area (TPSA) is 92.5 Å². The van der Waals surface area contributed by atoms with Gasteiger partial charge in [0.25, 0.3) is 0 Å². The van der Waals surface area contributed by atoms with Crippen LogP contribution < -0.4 is 11.5 Å². The highest BCUT2D eigenvalue weighted by molar-refractivity contribution is 4.89. The predicted molar refractivity (Wildman–Crippen MR) is 37.2 cm³/mol. The van der Waals surface area contributed by atoms with Gasteiger partial charge >= 0.3 is 0 Å². The largest absolute Gasteiger partial charge is 0.391 e. The lowest BCUT2D eigenvalue weighted by Gasteiger charge is -2.32. The average molecular weight is 146 g/mol. The van der Waals surface area contributed by atoms with E-state index in [9.17, 15) is 0 Å². The molecule has 60 valence electrons. The van der Waals surface area contributed by atoms with Gasteiger partial charge in [-0.3, -0.25) is 0 Å². The second-order valence-electron chi connectivity index (χ2n) is 2.93.